The van der Waals surface area contributed by atoms with Gasteiger partial charge in [-0.2, -0.15) is 5.10 Å². The van der Waals surface area contributed by atoms with E-state index in [9.17, 15) is 19.5 Å². The molecule has 0 unspecified atom stereocenters. The number of hydrogen-bond donors (Lipinski definition) is 4. The number of carbonyl (C=O) groups excluding carboxylic acids is 3. The Balaban J connectivity index is 1.62. The van der Waals surface area contributed by atoms with E-state index >= 15 is 0 Å². The van der Waals surface area contributed by atoms with Crippen LogP contribution >= 0.6 is 0 Å². The summed E-state index contributed by atoms with van der Waals surface area (Å²) < 4.78 is 0. The van der Waals surface area contributed by atoms with Crippen LogP contribution in [0.3, 0.4) is 0 Å². The zero-order valence-electron chi connectivity index (χ0n) is 15.7. The van der Waals surface area contributed by atoms with E-state index in [0.29, 0.717) is 11.3 Å². The van der Waals surface area contributed by atoms with Crippen LogP contribution in [-0.4, -0.2) is 29.0 Å². The molecule has 0 aliphatic carbocycles. The van der Waals surface area contributed by atoms with Crippen molar-refractivity contribution in [2.24, 2.45) is 5.10 Å². The van der Waals surface area contributed by atoms with Gasteiger partial charge in [-0.3, -0.25) is 14.4 Å². The topological polar surface area (TPSA) is 120 Å². The Morgan fingerprint density at radius 1 is 0.767 bits per heavy atom. The van der Waals surface area contributed by atoms with Crippen LogP contribution in [-0.2, 0) is 9.59 Å². The molecule has 0 saturated carbocycles. The number of aromatic hydroxyl groups is 1. The summed E-state index contributed by atoms with van der Waals surface area (Å²) >= 11 is 0. The van der Waals surface area contributed by atoms with E-state index < -0.39 is 17.7 Å². The lowest BCUT2D eigenvalue weighted by Gasteiger charge is -2.11. The predicted molar refractivity (Wildman–Crippen MR) is 113 cm³/mol. The Bertz CT molecular complexity index is 1080. The number of nitrogens with zero attached hydrogens (tertiary/aromatic N) is 1. The minimum Gasteiger partial charge on any atom is -0.508 e. The summed E-state index contributed by atoms with van der Waals surface area (Å²) in [6, 6.07) is 21.3. The van der Waals surface area contributed by atoms with Crippen LogP contribution in [0.15, 0.2) is 84.0 Å². The molecule has 0 aliphatic rings. The third-order valence-electron chi connectivity index (χ3n) is 3.93. The van der Waals surface area contributed by atoms with Crippen LogP contribution in [0.2, 0.25) is 0 Å². The number of rotatable bonds is 5. The SMILES string of the molecule is O=C(N/N=C\c1ccc(O)cc1)C(=O)Nc1ccccc1C(=O)Nc1ccccc1. The molecular formula is C22H18N4O4. The standard InChI is InChI=1S/C22H18N4O4/c27-17-12-10-15(11-13-17)14-23-26-22(30)21(29)25-19-9-5-4-8-18(19)20(28)24-16-6-2-1-3-7-16/h1-14,27H,(H,24,28)(H,25,29)(H,26,30)/b23-14-. The van der Waals surface area contributed by atoms with Crippen molar-refractivity contribution < 1.29 is 19.5 Å². The summed E-state index contributed by atoms with van der Waals surface area (Å²) in [6.45, 7) is 0. The van der Waals surface area contributed by atoms with Crippen molar-refractivity contribution in [3.63, 3.8) is 0 Å². The Kier molecular flexibility index (Phi) is 6.52. The van der Waals surface area contributed by atoms with E-state index in [4.69, 9.17) is 0 Å². The monoisotopic (exact) mass is 402 g/mol. The third-order valence-corrected chi connectivity index (χ3v) is 3.93. The maximum absolute atomic E-state index is 12.5. The molecule has 0 saturated heterocycles. The van der Waals surface area contributed by atoms with E-state index in [1.807, 2.05) is 6.07 Å². The fourth-order valence-electron chi connectivity index (χ4n) is 2.47. The molecule has 0 bridgehead atoms. The molecule has 0 heterocycles. The molecule has 3 rings (SSSR count). The van der Waals surface area contributed by atoms with Gasteiger partial charge < -0.3 is 15.7 Å². The van der Waals surface area contributed by atoms with E-state index in [-0.39, 0.29) is 17.0 Å². The molecule has 4 N–H and O–H groups in total. The maximum atomic E-state index is 12.5. The van der Waals surface area contributed by atoms with Gasteiger partial charge in [0, 0.05) is 5.69 Å². The zero-order valence-corrected chi connectivity index (χ0v) is 15.7. The van der Waals surface area contributed by atoms with Crippen molar-refractivity contribution >= 4 is 35.3 Å². The number of para-hydroxylation sites is 2. The van der Waals surface area contributed by atoms with Crippen LogP contribution < -0.4 is 16.1 Å². The van der Waals surface area contributed by atoms with Crippen molar-refractivity contribution in [1.82, 2.24) is 5.43 Å². The van der Waals surface area contributed by atoms with Crippen molar-refractivity contribution in [3.05, 3.63) is 90.0 Å². The lowest BCUT2D eigenvalue weighted by molar-refractivity contribution is -0.136. The molecule has 8 nitrogen and oxygen atoms in total. The van der Waals surface area contributed by atoms with Crippen LogP contribution in [0, 0.1) is 0 Å². The number of carbonyl (C=O) groups is 3. The number of nitrogens with one attached hydrogen (secondary N) is 3. The van der Waals surface area contributed by atoms with Gasteiger partial charge in [-0.15, -0.1) is 0 Å². The van der Waals surface area contributed by atoms with Crippen molar-refractivity contribution in [2.45, 2.75) is 0 Å². The molecule has 3 amide bonds. The van der Waals surface area contributed by atoms with Crippen LogP contribution in [0.1, 0.15) is 15.9 Å². The number of benzene rings is 3. The van der Waals surface area contributed by atoms with Crippen molar-refractivity contribution in [3.8, 4) is 5.75 Å². The first kappa shape index (κ1) is 20.3. The largest absolute Gasteiger partial charge is 0.508 e. The number of phenols is 1. The predicted octanol–water partition coefficient (Wildman–Crippen LogP) is 2.73. The highest BCUT2D eigenvalue weighted by molar-refractivity contribution is 6.40. The molecule has 150 valence electrons. The minimum atomic E-state index is -0.997. The average molecular weight is 402 g/mol. The van der Waals surface area contributed by atoms with Gasteiger partial charge in [0.1, 0.15) is 5.75 Å². The molecule has 0 radical (unpaired) electrons. The van der Waals surface area contributed by atoms with Gasteiger partial charge in [0.05, 0.1) is 17.5 Å². The van der Waals surface area contributed by atoms with Gasteiger partial charge in [0.25, 0.3) is 5.91 Å². The second-order valence-corrected chi connectivity index (χ2v) is 6.11. The molecule has 30 heavy (non-hydrogen) atoms. The van der Waals surface area contributed by atoms with Gasteiger partial charge in [0.2, 0.25) is 0 Å². The Morgan fingerprint density at radius 2 is 1.43 bits per heavy atom. The van der Waals surface area contributed by atoms with Crippen LogP contribution in [0.25, 0.3) is 0 Å². The van der Waals surface area contributed by atoms with Crippen molar-refractivity contribution in [2.75, 3.05) is 10.6 Å². The Hall–Kier alpha value is -4.46. The van der Waals surface area contributed by atoms with Gasteiger partial charge in [-0.05, 0) is 54.1 Å². The molecule has 0 aromatic heterocycles. The van der Waals surface area contributed by atoms with Gasteiger partial charge >= 0.3 is 11.8 Å². The van der Waals surface area contributed by atoms with Gasteiger partial charge in [-0.1, -0.05) is 30.3 Å². The molecule has 0 aliphatic heterocycles. The summed E-state index contributed by atoms with van der Waals surface area (Å²) in [5.74, 6) is -2.30. The van der Waals surface area contributed by atoms with Crippen LogP contribution in [0.5, 0.6) is 5.75 Å². The molecular weight excluding hydrogens is 384 g/mol. The van der Waals surface area contributed by atoms with Gasteiger partial charge in [0.15, 0.2) is 0 Å². The van der Waals surface area contributed by atoms with Crippen LogP contribution in [0.4, 0.5) is 11.4 Å². The second kappa shape index (κ2) is 9.65. The van der Waals surface area contributed by atoms with E-state index in [0.717, 1.165) is 0 Å². The average Bonchev–Trinajstić information content (AvgIpc) is 2.76. The lowest BCUT2D eigenvalue weighted by atomic mass is 10.1. The highest BCUT2D eigenvalue weighted by atomic mass is 16.3. The molecule has 3 aromatic rings. The summed E-state index contributed by atoms with van der Waals surface area (Å²) in [5, 5.41) is 18.1. The quantitative estimate of drug-likeness (QED) is 0.298. The molecule has 0 spiro atoms. The zero-order chi connectivity index (χ0) is 21.3. The summed E-state index contributed by atoms with van der Waals surface area (Å²) in [6.07, 6.45) is 1.33. The lowest BCUT2D eigenvalue weighted by Crippen LogP contribution is -2.33. The summed E-state index contributed by atoms with van der Waals surface area (Å²) in [5.41, 5.74) is 3.73. The fourth-order valence-corrected chi connectivity index (χ4v) is 2.47. The number of amides is 3. The maximum Gasteiger partial charge on any atom is 0.329 e. The Morgan fingerprint density at radius 3 is 2.17 bits per heavy atom. The van der Waals surface area contributed by atoms with E-state index in [1.54, 1.807) is 48.5 Å². The van der Waals surface area contributed by atoms with E-state index in [1.165, 1.54) is 30.5 Å². The molecule has 0 atom stereocenters. The van der Waals surface area contributed by atoms with Gasteiger partial charge in [-0.25, -0.2) is 5.43 Å². The second-order valence-electron chi connectivity index (χ2n) is 6.11. The number of hydrogen-bond acceptors (Lipinski definition) is 5. The highest BCUT2D eigenvalue weighted by Gasteiger charge is 2.17. The number of phenolic OH excluding ortho intramolecular Hbond substituents is 1. The fraction of sp³-hybridized carbons (Fsp3) is 0. The minimum absolute atomic E-state index is 0.102. The Labute approximate surface area is 172 Å². The first-order chi connectivity index (χ1) is 14.5. The summed E-state index contributed by atoms with van der Waals surface area (Å²) in [4.78, 5) is 36.7. The molecule has 3 aromatic carbocycles. The third kappa shape index (κ3) is 5.52. The van der Waals surface area contributed by atoms with Crippen molar-refractivity contribution in [1.29, 1.82) is 0 Å². The molecule has 8 heteroatoms. The number of hydrazone groups is 1. The summed E-state index contributed by atoms with van der Waals surface area (Å²) in [7, 11) is 0. The first-order valence-electron chi connectivity index (χ1n) is 8.92. The normalized spacial score (nSPS) is 10.4. The highest BCUT2D eigenvalue weighted by Crippen LogP contribution is 2.17. The molecule has 0 fully saturated rings. The smallest absolute Gasteiger partial charge is 0.329 e. The first-order valence-corrected chi connectivity index (χ1v) is 8.92. The van der Waals surface area contributed by atoms with E-state index in [2.05, 4.69) is 21.2 Å². The number of anilines is 2.